The van der Waals surface area contributed by atoms with Gasteiger partial charge in [0.25, 0.3) is 0 Å². The van der Waals surface area contributed by atoms with Crippen molar-refractivity contribution in [3.05, 3.63) is 0 Å². The van der Waals surface area contributed by atoms with E-state index in [-0.39, 0.29) is 12.0 Å². The van der Waals surface area contributed by atoms with Gasteiger partial charge in [0.05, 0.1) is 6.10 Å². The lowest BCUT2D eigenvalue weighted by Crippen LogP contribution is -2.35. The van der Waals surface area contributed by atoms with Crippen molar-refractivity contribution in [3.63, 3.8) is 0 Å². The van der Waals surface area contributed by atoms with Crippen molar-refractivity contribution in [2.75, 3.05) is 13.2 Å². The topological polar surface area (TPSA) is 35.2 Å². The minimum absolute atomic E-state index is 0.103. The Labute approximate surface area is 81.6 Å². The maximum atomic E-state index is 11.9. The van der Waals surface area contributed by atoms with E-state index in [0.717, 1.165) is 19.3 Å². The normalized spacial score (nSPS) is 29.1. The van der Waals surface area contributed by atoms with Crippen molar-refractivity contribution in [1.82, 2.24) is 0 Å². The summed E-state index contributed by atoms with van der Waals surface area (Å²) in [6.07, 6.45) is -0.935. The van der Waals surface area contributed by atoms with Gasteiger partial charge in [-0.25, -0.2) is 0 Å². The first kappa shape index (κ1) is 11.8. The van der Waals surface area contributed by atoms with E-state index < -0.39 is 12.8 Å². The molecule has 5 heteroatoms. The van der Waals surface area contributed by atoms with Gasteiger partial charge in [-0.3, -0.25) is 0 Å². The van der Waals surface area contributed by atoms with Crippen molar-refractivity contribution in [2.45, 2.75) is 38.0 Å². The molecule has 84 valence electrons. The number of halogens is 3. The third kappa shape index (κ3) is 3.84. The molecule has 1 rings (SSSR count). The van der Waals surface area contributed by atoms with Gasteiger partial charge in [0.2, 0.25) is 0 Å². The molecule has 0 aliphatic heterocycles. The van der Waals surface area contributed by atoms with Crippen LogP contribution < -0.4 is 5.73 Å². The van der Waals surface area contributed by atoms with E-state index in [1.165, 1.54) is 0 Å². The molecule has 0 amide bonds. The van der Waals surface area contributed by atoms with E-state index in [1.54, 1.807) is 0 Å². The molecule has 1 aliphatic carbocycles. The van der Waals surface area contributed by atoms with Crippen LogP contribution in [-0.4, -0.2) is 25.4 Å². The fourth-order valence-electron chi connectivity index (χ4n) is 1.86. The fourth-order valence-corrected chi connectivity index (χ4v) is 1.86. The quantitative estimate of drug-likeness (QED) is 0.775. The van der Waals surface area contributed by atoms with Crippen LogP contribution in [0.4, 0.5) is 13.2 Å². The molecule has 0 aromatic heterocycles. The van der Waals surface area contributed by atoms with Gasteiger partial charge in [0.15, 0.2) is 0 Å². The monoisotopic (exact) mass is 211 g/mol. The molecule has 1 saturated carbocycles. The van der Waals surface area contributed by atoms with E-state index in [1.807, 2.05) is 0 Å². The van der Waals surface area contributed by atoms with Gasteiger partial charge in [-0.15, -0.1) is 0 Å². The van der Waals surface area contributed by atoms with Crippen LogP contribution in [-0.2, 0) is 4.74 Å². The third-order valence-corrected chi connectivity index (χ3v) is 2.60. The van der Waals surface area contributed by atoms with Crippen molar-refractivity contribution in [3.8, 4) is 0 Å². The van der Waals surface area contributed by atoms with Gasteiger partial charge in [-0.05, 0) is 25.3 Å². The lowest BCUT2D eigenvalue weighted by Gasteiger charge is -2.30. The molecule has 0 aromatic rings. The van der Waals surface area contributed by atoms with E-state index in [9.17, 15) is 13.2 Å². The highest BCUT2D eigenvalue weighted by molar-refractivity contribution is 4.76. The van der Waals surface area contributed by atoms with Gasteiger partial charge < -0.3 is 10.5 Å². The van der Waals surface area contributed by atoms with Gasteiger partial charge in [-0.1, -0.05) is 12.8 Å². The predicted molar refractivity (Wildman–Crippen MR) is 46.8 cm³/mol. The number of alkyl halides is 3. The Kier molecular flexibility index (Phi) is 4.19. The van der Waals surface area contributed by atoms with Gasteiger partial charge in [0.1, 0.15) is 6.61 Å². The highest BCUT2D eigenvalue weighted by Crippen LogP contribution is 2.27. The minimum Gasteiger partial charge on any atom is -0.368 e. The Morgan fingerprint density at radius 3 is 2.43 bits per heavy atom. The van der Waals surface area contributed by atoms with Crippen LogP contribution in [0.5, 0.6) is 0 Å². The van der Waals surface area contributed by atoms with Crippen molar-refractivity contribution in [1.29, 1.82) is 0 Å². The molecule has 0 bridgehead atoms. The Morgan fingerprint density at radius 2 is 1.86 bits per heavy atom. The van der Waals surface area contributed by atoms with Crippen LogP contribution in [0.1, 0.15) is 25.7 Å². The lowest BCUT2D eigenvalue weighted by atomic mass is 9.86. The summed E-state index contributed by atoms with van der Waals surface area (Å²) in [4.78, 5) is 0. The summed E-state index contributed by atoms with van der Waals surface area (Å²) in [5, 5.41) is 0. The fraction of sp³-hybridized carbons (Fsp3) is 1.00. The Bertz CT molecular complexity index is 172. The first-order valence-electron chi connectivity index (χ1n) is 4.91. The number of rotatable bonds is 3. The van der Waals surface area contributed by atoms with Gasteiger partial charge >= 0.3 is 6.18 Å². The van der Waals surface area contributed by atoms with Crippen LogP contribution in [0.15, 0.2) is 0 Å². The van der Waals surface area contributed by atoms with Crippen molar-refractivity contribution >= 4 is 0 Å². The zero-order valence-electron chi connectivity index (χ0n) is 8.02. The number of nitrogens with two attached hydrogens (primary N) is 1. The second-order valence-corrected chi connectivity index (χ2v) is 3.74. The maximum absolute atomic E-state index is 11.9. The molecule has 2 N–H and O–H groups in total. The lowest BCUT2D eigenvalue weighted by molar-refractivity contribution is -0.192. The number of hydrogen-bond donors (Lipinski definition) is 1. The summed E-state index contributed by atoms with van der Waals surface area (Å²) in [6, 6.07) is 0. The van der Waals surface area contributed by atoms with E-state index in [0.29, 0.717) is 13.0 Å². The molecule has 0 heterocycles. The average molecular weight is 211 g/mol. The summed E-state index contributed by atoms with van der Waals surface area (Å²) in [5.41, 5.74) is 5.47. The van der Waals surface area contributed by atoms with Crippen LogP contribution in [0.25, 0.3) is 0 Å². The molecule has 1 fully saturated rings. The van der Waals surface area contributed by atoms with Gasteiger partial charge in [-0.2, -0.15) is 13.2 Å². The third-order valence-electron chi connectivity index (χ3n) is 2.60. The highest BCUT2D eigenvalue weighted by atomic mass is 19.4. The standard InChI is InChI=1S/C9H16F3NO/c10-9(11,12)6-14-8-4-2-1-3-7(8)5-13/h7-8H,1-6,13H2/t7-,8+/m1/s1. The largest absolute Gasteiger partial charge is 0.411 e. The molecule has 14 heavy (non-hydrogen) atoms. The van der Waals surface area contributed by atoms with Crippen molar-refractivity contribution in [2.24, 2.45) is 11.7 Å². The SMILES string of the molecule is NC[C@H]1CCCC[C@@H]1OCC(F)(F)F. The summed E-state index contributed by atoms with van der Waals surface area (Å²) in [5.74, 6) is 0.103. The van der Waals surface area contributed by atoms with Crippen LogP contribution in [0, 0.1) is 5.92 Å². The average Bonchev–Trinajstić information content (AvgIpc) is 2.14. The van der Waals surface area contributed by atoms with Crippen LogP contribution in [0.3, 0.4) is 0 Å². The van der Waals surface area contributed by atoms with E-state index in [2.05, 4.69) is 0 Å². The first-order valence-corrected chi connectivity index (χ1v) is 4.91. The summed E-state index contributed by atoms with van der Waals surface area (Å²) in [6.45, 7) is -0.726. The second kappa shape index (κ2) is 4.98. The highest BCUT2D eigenvalue weighted by Gasteiger charge is 2.32. The molecule has 0 spiro atoms. The summed E-state index contributed by atoms with van der Waals surface area (Å²) >= 11 is 0. The Hall–Kier alpha value is -0.290. The molecule has 1 aliphatic rings. The maximum Gasteiger partial charge on any atom is 0.411 e. The molecule has 0 saturated heterocycles. The molecular formula is C9H16F3NO. The molecular weight excluding hydrogens is 195 g/mol. The smallest absolute Gasteiger partial charge is 0.368 e. The molecule has 2 nitrogen and oxygen atoms in total. The molecule has 2 atom stereocenters. The second-order valence-electron chi connectivity index (χ2n) is 3.74. The minimum atomic E-state index is -4.23. The van der Waals surface area contributed by atoms with E-state index in [4.69, 9.17) is 10.5 Å². The Balaban J connectivity index is 2.33. The molecule has 0 unspecified atom stereocenters. The van der Waals surface area contributed by atoms with Crippen molar-refractivity contribution < 1.29 is 17.9 Å². The zero-order valence-corrected chi connectivity index (χ0v) is 8.02. The zero-order chi connectivity index (χ0) is 10.6. The molecule has 0 aromatic carbocycles. The summed E-state index contributed by atoms with van der Waals surface area (Å²) in [7, 11) is 0. The first-order chi connectivity index (χ1) is 6.53. The van der Waals surface area contributed by atoms with Crippen LogP contribution >= 0.6 is 0 Å². The predicted octanol–water partition coefficient (Wildman–Crippen LogP) is 2.08. The number of hydrogen-bond acceptors (Lipinski definition) is 2. The van der Waals surface area contributed by atoms with Crippen LogP contribution in [0.2, 0.25) is 0 Å². The summed E-state index contributed by atoms with van der Waals surface area (Å²) < 4.78 is 40.5. The number of ether oxygens (including phenoxy) is 1. The van der Waals surface area contributed by atoms with Gasteiger partial charge in [0, 0.05) is 0 Å². The Morgan fingerprint density at radius 1 is 1.21 bits per heavy atom. The molecule has 0 radical (unpaired) electrons. The van der Waals surface area contributed by atoms with E-state index >= 15 is 0 Å².